The van der Waals surface area contributed by atoms with Gasteiger partial charge in [0.25, 0.3) is 0 Å². The Bertz CT molecular complexity index is 5280. The lowest BCUT2D eigenvalue weighted by molar-refractivity contribution is 0.896. The highest BCUT2D eigenvalue weighted by molar-refractivity contribution is 6.32. The molecule has 350 valence electrons. The zero-order valence-electron chi connectivity index (χ0n) is 40.6. The van der Waals surface area contributed by atoms with Crippen LogP contribution in [0.25, 0.3) is 154 Å². The van der Waals surface area contributed by atoms with Gasteiger partial charge in [-0.2, -0.15) is 15.0 Å². The van der Waals surface area contributed by atoms with Crippen LogP contribution in [0, 0.1) is 12.1 Å². The van der Waals surface area contributed by atoms with E-state index in [0.29, 0.717) is 17.7 Å². The molecule has 0 N–H and O–H groups in total. The van der Waals surface area contributed by atoms with Gasteiger partial charge >= 0.3 is 0 Å². The Morgan fingerprint density at radius 1 is 0.289 bits per heavy atom. The normalized spacial score (nSPS) is 12.1. The van der Waals surface area contributed by atoms with E-state index < -0.39 is 0 Å². The van der Waals surface area contributed by atoms with Crippen LogP contribution >= 0.6 is 0 Å². The van der Waals surface area contributed by atoms with E-state index >= 15 is 0 Å². The van der Waals surface area contributed by atoms with Gasteiger partial charge in [0.2, 0.25) is 11.9 Å². The van der Waals surface area contributed by atoms with E-state index in [4.69, 9.17) is 15.0 Å². The summed E-state index contributed by atoms with van der Waals surface area (Å²) in [6, 6.07) is 91.3. The second-order valence-corrected chi connectivity index (χ2v) is 19.8. The molecule has 0 aliphatic rings. The molecule has 0 aliphatic carbocycles. The topological polar surface area (TPSA) is 58.4 Å². The van der Waals surface area contributed by atoms with Crippen molar-refractivity contribution in [2.24, 2.45) is 0 Å². The summed E-state index contributed by atoms with van der Waals surface area (Å²) in [5.41, 5.74) is 11.6. The molecule has 7 nitrogen and oxygen atoms in total. The van der Waals surface area contributed by atoms with Crippen molar-refractivity contribution in [2.75, 3.05) is 0 Å². The highest BCUT2D eigenvalue weighted by Crippen LogP contribution is 2.47. The van der Waals surface area contributed by atoms with Gasteiger partial charge in [0, 0.05) is 81.6 Å². The van der Waals surface area contributed by atoms with Gasteiger partial charge < -0.3 is 9.13 Å². The average Bonchev–Trinajstić information content (AvgIpc) is 4.38. The molecule has 0 fully saturated rings. The molecule has 17 rings (SSSR count). The van der Waals surface area contributed by atoms with Gasteiger partial charge in [-0.25, -0.2) is 0 Å². The van der Waals surface area contributed by atoms with E-state index in [-0.39, 0.29) is 0 Å². The second-order valence-electron chi connectivity index (χ2n) is 19.8. The summed E-state index contributed by atoms with van der Waals surface area (Å²) >= 11 is 0. The first kappa shape index (κ1) is 41.0. The molecule has 0 saturated carbocycles. The van der Waals surface area contributed by atoms with E-state index in [1.807, 2.05) is 12.1 Å². The van der Waals surface area contributed by atoms with Crippen LogP contribution in [0.3, 0.4) is 0 Å². The molecule has 5 heterocycles. The fourth-order valence-electron chi connectivity index (χ4n) is 12.7. The summed E-state index contributed by atoms with van der Waals surface area (Å²) < 4.78 is 9.49. The van der Waals surface area contributed by atoms with Crippen molar-refractivity contribution in [1.82, 2.24) is 33.2 Å². The van der Waals surface area contributed by atoms with Crippen molar-refractivity contribution in [3.63, 3.8) is 0 Å². The Morgan fingerprint density at radius 3 is 1.42 bits per heavy atom. The Morgan fingerprint density at radius 2 is 0.763 bits per heavy atom. The van der Waals surface area contributed by atoms with Crippen LogP contribution in [-0.2, 0) is 0 Å². The third-order valence-corrected chi connectivity index (χ3v) is 15.8. The molecule has 0 bridgehead atoms. The van der Waals surface area contributed by atoms with Crippen LogP contribution in [0.4, 0.5) is 0 Å². The Hall–Kier alpha value is -10.6. The first-order valence-corrected chi connectivity index (χ1v) is 25.7. The summed E-state index contributed by atoms with van der Waals surface area (Å²) in [5, 5.41) is 15.5. The fourth-order valence-corrected chi connectivity index (χ4v) is 12.7. The molecule has 0 atom stereocenters. The molecule has 5 aromatic heterocycles. The number of benzene rings is 11. The van der Waals surface area contributed by atoms with Crippen molar-refractivity contribution in [3.8, 4) is 34.7 Å². The molecule has 76 heavy (non-hydrogen) atoms. The van der Waals surface area contributed by atoms with Crippen LogP contribution in [0.2, 0.25) is 0 Å². The molecule has 17 aromatic rings. The van der Waals surface area contributed by atoms with Crippen molar-refractivity contribution in [2.45, 2.75) is 0 Å². The van der Waals surface area contributed by atoms with Crippen LogP contribution in [-0.4, -0.2) is 33.2 Å². The maximum Gasteiger partial charge on any atom is 0.240 e. The van der Waals surface area contributed by atoms with Crippen LogP contribution < -0.4 is 0 Å². The molecular formula is C69H39N7. The number of rotatable bonds is 5. The van der Waals surface area contributed by atoms with Gasteiger partial charge in [-0.3, -0.25) is 9.13 Å². The molecular weight excluding hydrogens is 927 g/mol. The minimum Gasteiger partial charge on any atom is -0.309 e. The molecule has 0 unspecified atom stereocenters. The highest BCUT2D eigenvalue weighted by atomic mass is 15.3. The Kier molecular flexibility index (Phi) is 8.35. The monoisotopic (exact) mass is 965 g/mol. The minimum atomic E-state index is 0.507. The number of aromatic nitrogens is 7. The maximum atomic E-state index is 5.88. The first-order chi connectivity index (χ1) is 37.7. The largest absolute Gasteiger partial charge is 0.309 e. The molecule has 0 spiro atoms. The van der Waals surface area contributed by atoms with Crippen molar-refractivity contribution >= 4 is 120 Å². The van der Waals surface area contributed by atoms with E-state index in [9.17, 15) is 0 Å². The van der Waals surface area contributed by atoms with Gasteiger partial charge in [-0.1, -0.05) is 188 Å². The maximum absolute atomic E-state index is 5.88. The predicted octanol–water partition coefficient (Wildman–Crippen LogP) is 17.0. The number of nitrogens with zero attached hydrogens (tertiary/aromatic N) is 7. The molecule has 0 radical (unpaired) electrons. The second kappa shape index (κ2) is 15.5. The van der Waals surface area contributed by atoms with Crippen molar-refractivity contribution < 1.29 is 0 Å². The molecule has 0 aliphatic heterocycles. The van der Waals surface area contributed by atoms with E-state index in [2.05, 4.69) is 255 Å². The quantitative estimate of drug-likeness (QED) is 0.173. The lowest BCUT2D eigenvalue weighted by Gasteiger charge is -2.14. The average molecular weight is 966 g/mol. The lowest BCUT2D eigenvalue weighted by atomic mass is 10.0. The van der Waals surface area contributed by atoms with Crippen molar-refractivity contribution in [3.05, 3.63) is 249 Å². The summed E-state index contributed by atoms with van der Waals surface area (Å²) in [5.74, 6) is 1.59. The van der Waals surface area contributed by atoms with Gasteiger partial charge in [-0.05, 0) is 71.4 Å². The van der Waals surface area contributed by atoms with Crippen molar-refractivity contribution in [1.29, 1.82) is 0 Å². The third kappa shape index (κ3) is 5.59. The molecule has 0 saturated heterocycles. The fraction of sp³-hybridized carbons (Fsp3) is 0. The lowest BCUT2D eigenvalue weighted by Crippen LogP contribution is -2.10. The van der Waals surface area contributed by atoms with Crippen LogP contribution in [0.5, 0.6) is 0 Å². The Labute approximate surface area is 434 Å². The molecule has 7 heteroatoms. The minimum absolute atomic E-state index is 0.507. The standard InChI is InChI=1S/C69H39N7/c1-4-21-45(22-5-1)67-70-68(75-62-48-27-13-10-18-42(48)32-35-51(62)53-38-40-58-60(65(53)75)55-30-16-17-31-57(55)73(58)46-23-6-2-7-24-46)72-69(71-67)76-63-49-28-14-11-19-43(49)33-36-52(63)54-39-41-59-61(66(54)76)56-37-34-44-20-12-15-29-50(44)64(56)74(59)47-25-8-3-9-26-47/h1-10,12-18,20-41H. The Balaban J connectivity index is 1.09. The smallest absolute Gasteiger partial charge is 0.240 e. The SMILES string of the molecule is c1ccc2c(c#1)ccc1c3ccc4c(c5ccc6ccccc6c5n4-c4ccccc4)c3n(-c3nc(-c4ccccc4)nc(-n4c5c6ccccc6ccc5c5ccc6c(c7ccccc7n6-c6ccccc6)c54)n3)c21. The van der Waals surface area contributed by atoms with E-state index in [0.717, 1.165) is 126 Å². The molecule has 0 amide bonds. The summed E-state index contributed by atoms with van der Waals surface area (Å²) in [4.78, 5) is 17.2. The summed E-state index contributed by atoms with van der Waals surface area (Å²) in [6.07, 6.45) is 0. The number of hydrogen-bond acceptors (Lipinski definition) is 3. The van der Waals surface area contributed by atoms with Crippen LogP contribution in [0.1, 0.15) is 0 Å². The predicted molar refractivity (Wildman–Crippen MR) is 313 cm³/mol. The number of hydrogen-bond donors (Lipinski definition) is 0. The first-order valence-electron chi connectivity index (χ1n) is 25.7. The summed E-state index contributed by atoms with van der Waals surface area (Å²) in [6.45, 7) is 0. The van der Waals surface area contributed by atoms with Gasteiger partial charge in [0.15, 0.2) is 5.82 Å². The van der Waals surface area contributed by atoms with Gasteiger partial charge in [0.05, 0.1) is 44.1 Å². The van der Waals surface area contributed by atoms with Gasteiger partial charge in [0.1, 0.15) is 0 Å². The summed E-state index contributed by atoms with van der Waals surface area (Å²) in [7, 11) is 0. The number of para-hydroxylation sites is 3. The zero-order valence-corrected chi connectivity index (χ0v) is 40.6. The highest BCUT2D eigenvalue weighted by Gasteiger charge is 2.28. The van der Waals surface area contributed by atoms with E-state index in [1.54, 1.807) is 0 Å². The third-order valence-electron chi connectivity index (χ3n) is 15.8. The van der Waals surface area contributed by atoms with E-state index in [1.165, 1.54) is 10.8 Å². The number of fused-ring (bicyclic) bond motifs is 20. The zero-order chi connectivity index (χ0) is 49.6. The van der Waals surface area contributed by atoms with Crippen LogP contribution in [0.15, 0.2) is 237 Å². The van der Waals surface area contributed by atoms with Gasteiger partial charge in [-0.15, -0.1) is 0 Å². The molecule has 12 aromatic carbocycles.